The average Bonchev–Trinajstić information content (AvgIpc) is 2.30. The lowest BCUT2D eigenvalue weighted by atomic mass is 9.99. The Hall–Kier alpha value is -0.820. The van der Waals surface area contributed by atoms with Gasteiger partial charge in [0.1, 0.15) is 0 Å². The third-order valence-electron chi connectivity index (χ3n) is 3.14. The number of benzene rings is 1. The van der Waals surface area contributed by atoms with Crippen molar-refractivity contribution in [3.05, 3.63) is 35.9 Å². The van der Waals surface area contributed by atoms with Crippen LogP contribution in [0.1, 0.15) is 50.6 Å². The van der Waals surface area contributed by atoms with E-state index in [-0.39, 0.29) is 0 Å². The monoisotopic (exact) mass is 219 g/mol. The van der Waals surface area contributed by atoms with Gasteiger partial charge in [0, 0.05) is 6.04 Å². The van der Waals surface area contributed by atoms with Gasteiger partial charge in [-0.15, -0.1) is 0 Å². The molecule has 0 heterocycles. The molecule has 1 heteroatoms. The van der Waals surface area contributed by atoms with E-state index < -0.39 is 0 Å². The van der Waals surface area contributed by atoms with E-state index in [0.29, 0.717) is 6.04 Å². The van der Waals surface area contributed by atoms with Gasteiger partial charge in [-0.25, -0.2) is 0 Å². The molecule has 0 aliphatic carbocycles. The molecule has 0 saturated carbocycles. The molecule has 90 valence electrons. The van der Waals surface area contributed by atoms with Crippen LogP contribution in [0.4, 0.5) is 0 Å². The van der Waals surface area contributed by atoms with Gasteiger partial charge in [-0.3, -0.25) is 0 Å². The number of rotatable bonds is 7. The van der Waals surface area contributed by atoms with Crippen molar-refractivity contribution >= 4 is 0 Å². The first kappa shape index (κ1) is 13.2. The quantitative estimate of drug-likeness (QED) is 0.619. The number of hydrogen-bond donors (Lipinski definition) is 0. The molecule has 1 aromatic carbocycles. The molecule has 1 unspecified atom stereocenters. The molecule has 0 bridgehead atoms. The van der Waals surface area contributed by atoms with E-state index in [4.69, 9.17) is 0 Å². The SMILES string of the molecule is CCCCCCC(c1ccccc1)N(C)C. The summed E-state index contributed by atoms with van der Waals surface area (Å²) in [4.78, 5) is 2.33. The Morgan fingerprint density at radius 2 is 1.69 bits per heavy atom. The summed E-state index contributed by atoms with van der Waals surface area (Å²) in [5.74, 6) is 0. The highest BCUT2D eigenvalue weighted by Crippen LogP contribution is 2.24. The van der Waals surface area contributed by atoms with E-state index in [1.165, 1.54) is 37.7 Å². The molecule has 0 aliphatic heterocycles. The van der Waals surface area contributed by atoms with Crippen molar-refractivity contribution in [2.24, 2.45) is 0 Å². The molecule has 0 aliphatic rings. The smallest absolute Gasteiger partial charge is 0.0342 e. The van der Waals surface area contributed by atoms with Crippen molar-refractivity contribution in [3.63, 3.8) is 0 Å². The second kappa shape index (κ2) is 7.45. The molecular weight excluding hydrogens is 194 g/mol. The average molecular weight is 219 g/mol. The highest BCUT2D eigenvalue weighted by Gasteiger charge is 2.12. The van der Waals surface area contributed by atoms with Gasteiger partial charge in [-0.05, 0) is 26.1 Å². The fourth-order valence-electron chi connectivity index (χ4n) is 2.16. The third-order valence-corrected chi connectivity index (χ3v) is 3.14. The molecule has 0 N–H and O–H groups in total. The zero-order valence-corrected chi connectivity index (χ0v) is 10.9. The molecule has 0 aromatic heterocycles. The normalized spacial score (nSPS) is 13.0. The van der Waals surface area contributed by atoms with Gasteiger partial charge in [0.25, 0.3) is 0 Å². The summed E-state index contributed by atoms with van der Waals surface area (Å²) in [6.07, 6.45) is 6.67. The Morgan fingerprint density at radius 1 is 1.00 bits per heavy atom. The predicted octanol–water partition coefficient (Wildman–Crippen LogP) is 4.26. The van der Waals surface area contributed by atoms with Crippen LogP contribution in [0.25, 0.3) is 0 Å². The fraction of sp³-hybridized carbons (Fsp3) is 0.600. The van der Waals surface area contributed by atoms with Crippen LogP contribution in [0.15, 0.2) is 30.3 Å². The third kappa shape index (κ3) is 4.36. The lowest BCUT2D eigenvalue weighted by Gasteiger charge is -2.24. The maximum absolute atomic E-state index is 2.33. The fourth-order valence-corrected chi connectivity index (χ4v) is 2.16. The van der Waals surface area contributed by atoms with Gasteiger partial charge in [-0.1, -0.05) is 62.9 Å². The minimum Gasteiger partial charge on any atom is -0.302 e. The van der Waals surface area contributed by atoms with Gasteiger partial charge in [0.05, 0.1) is 0 Å². The minimum atomic E-state index is 0.582. The van der Waals surface area contributed by atoms with Crippen molar-refractivity contribution in [2.45, 2.75) is 45.1 Å². The molecule has 0 amide bonds. The lowest BCUT2D eigenvalue weighted by molar-refractivity contribution is 0.277. The van der Waals surface area contributed by atoms with Gasteiger partial charge < -0.3 is 4.90 Å². The zero-order chi connectivity index (χ0) is 11.8. The van der Waals surface area contributed by atoms with Gasteiger partial charge >= 0.3 is 0 Å². The molecule has 1 atom stereocenters. The van der Waals surface area contributed by atoms with Crippen molar-refractivity contribution < 1.29 is 0 Å². The molecule has 16 heavy (non-hydrogen) atoms. The summed E-state index contributed by atoms with van der Waals surface area (Å²) in [5, 5.41) is 0. The van der Waals surface area contributed by atoms with Crippen molar-refractivity contribution in [2.75, 3.05) is 14.1 Å². The second-order valence-corrected chi connectivity index (χ2v) is 4.74. The number of unbranched alkanes of at least 4 members (excludes halogenated alkanes) is 3. The Balaban J connectivity index is 2.49. The Labute approximate surface area is 100 Å². The van der Waals surface area contributed by atoms with Crippen LogP contribution >= 0.6 is 0 Å². The number of hydrogen-bond acceptors (Lipinski definition) is 1. The maximum atomic E-state index is 2.33. The standard InChI is InChI=1S/C15H25N/c1-4-5-6-10-13-15(16(2)3)14-11-8-7-9-12-14/h7-9,11-12,15H,4-6,10,13H2,1-3H3. The highest BCUT2D eigenvalue weighted by atomic mass is 15.1. The van der Waals surface area contributed by atoms with E-state index in [2.05, 4.69) is 56.3 Å². The summed E-state index contributed by atoms with van der Waals surface area (Å²) in [5.41, 5.74) is 1.45. The Morgan fingerprint density at radius 3 is 2.25 bits per heavy atom. The summed E-state index contributed by atoms with van der Waals surface area (Å²) in [7, 11) is 4.36. The molecular formula is C15H25N. The minimum absolute atomic E-state index is 0.582. The van der Waals surface area contributed by atoms with Gasteiger partial charge in [0.15, 0.2) is 0 Å². The first-order valence-electron chi connectivity index (χ1n) is 6.47. The lowest BCUT2D eigenvalue weighted by Crippen LogP contribution is -2.19. The Kier molecular flexibility index (Phi) is 6.17. The van der Waals surface area contributed by atoms with Crippen LogP contribution in [0.3, 0.4) is 0 Å². The van der Waals surface area contributed by atoms with E-state index in [1.807, 2.05) is 0 Å². The molecule has 1 aromatic rings. The first-order chi connectivity index (χ1) is 7.75. The Bertz CT molecular complexity index is 266. The predicted molar refractivity (Wildman–Crippen MR) is 71.6 cm³/mol. The molecule has 1 nitrogen and oxygen atoms in total. The molecule has 0 spiro atoms. The molecule has 0 fully saturated rings. The van der Waals surface area contributed by atoms with Gasteiger partial charge in [0.2, 0.25) is 0 Å². The highest BCUT2D eigenvalue weighted by molar-refractivity contribution is 5.18. The van der Waals surface area contributed by atoms with Crippen molar-refractivity contribution in [1.82, 2.24) is 4.90 Å². The van der Waals surface area contributed by atoms with Gasteiger partial charge in [-0.2, -0.15) is 0 Å². The first-order valence-corrected chi connectivity index (χ1v) is 6.47. The van der Waals surface area contributed by atoms with Crippen LogP contribution < -0.4 is 0 Å². The largest absolute Gasteiger partial charge is 0.302 e. The summed E-state index contributed by atoms with van der Waals surface area (Å²) < 4.78 is 0. The van der Waals surface area contributed by atoms with Crippen LogP contribution in [-0.4, -0.2) is 19.0 Å². The van der Waals surface area contributed by atoms with E-state index in [9.17, 15) is 0 Å². The molecule has 1 rings (SSSR count). The number of nitrogens with zero attached hydrogens (tertiary/aromatic N) is 1. The second-order valence-electron chi connectivity index (χ2n) is 4.74. The van der Waals surface area contributed by atoms with E-state index >= 15 is 0 Å². The van der Waals surface area contributed by atoms with Crippen molar-refractivity contribution in [1.29, 1.82) is 0 Å². The van der Waals surface area contributed by atoms with E-state index in [0.717, 1.165) is 0 Å². The summed E-state index contributed by atoms with van der Waals surface area (Å²) >= 11 is 0. The van der Waals surface area contributed by atoms with Crippen molar-refractivity contribution in [3.8, 4) is 0 Å². The summed E-state index contributed by atoms with van der Waals surface area (Å²) in [6.45, 7) is 2.26. The topological polar surface area (TPSA) is 3.24 Å². The van der Waals surface area contributed by atoms with Crippen LogP contribution in [0.2, 0.25) is 0 Å². The van der Waals surface area contributed by atoms with Crippen LogP contribution in [-0.2, 0) is 0 Å². The van der Waals surface area contributed by atoms with E-state index in [1.54, 1.807) is 0 Å². The molecule has 0 saturated heterocycles. The maximum Gasteiger partial charge on any atom is 0.0342 e. The molecule has 0 radical (unpaired) electrons. The summed E-state index contributed by atoms with van der Waals surface area (Å²) in [6, 6.07) is 11.4. The van der Waals surface area contributed by atoms with Crippen LogP contribution in [0.5, 0.6) is 0 Å². The van der Waals surface area contributed by atoms with Crippen LogP contribution in [0, 0.1) is 0 Å². The zero-order valence-electron chi connectivity index (χ0n) is 10.9.